The highest BCUT2D eigenvalue weighted by molar-refractivity contribution is 7.79. The fraction of sp³-hybridized carbons (Fsp3) is 0.575. The molecular weight excluding hydrogens is 801 g/mol. The van der Waals surface area contributed by atoms with Crippen molar-refractivity contribution in [1.29, 1.82) is 5.26 Å². The summed E-state index contributed by atoms with van der Waals surface area (Å²) < 4.78 is 77.9. The molecule has 3 rings (SSSR count). The van der Waals surface area contributed by atoms with Gasteiger partial charge in [-0.15, -0.1) is 0 Å². The normalized spacial score (nSPS) is 14.9. The Labute approximate surface area is 347 Å². The lowest BCUT2D eigenvalue weighted by atomic mass is 9.85. The molecule has 19 heteroatoms. The molecule has 0 aliphatic carbocycles. The molecule has 0 radical (unpaired) electrons. The first-order valence-electron chi connectivity index (χ1n) is 18.9. The minimum absolute atomic E-state index is 0.0801. The Morgan fingerprint density at radius 3 is 2.32 bits per heavy atom. The minimum atomic E-state index is -5.20. The molecule has 0 spiro atoms. The van der Waals surface area contributed by atoms with Gasteiger partial charge in [-0.1, -0.05) is 33.0 Å². The van der Waals surface area contributed by atoms with Crippen molar-refractivity contribution in [2.45, 2.75) is 91.0 Å². The minimum Gasteiger partial charge on any atom is -0.477 e. The maximum absolute atomic E-state index is 15.2. The molecule has 1 aliphatic heterocycles. The number of thiocarbonyl (C=S) groups is 1. The molecule has 2 atom stereocenters. The summed E-state index contributed by atoms with van der Waals surface area (Å²) in [6, 6.07) is 3.76. The number of carbonyl (C=O) groups excluding carboxylic acids is 4. The van der Waals surface area contributed by atoms with Gasteiger partial charge < -0.3 is 39.0 Å². The predicted molar refractivity (Wildman–Crippen MR) is 213 cm³/mol. The van der Waals surface area contributed by atoms with E-state index in [0.29, 0.717) is 30.9 Å². The third-order valence-corrected chi connectivity index (χ3v) is 9.93. The number of amides is 3. The van der Waals surface area contributed by atoms with Crippen LogP contribution in [0.3, 0.4) is 0 Å². The Bertz CT molecular complexity index is 1880. The zero-order valence-corrected chi connectivity index (χ0v) is 35.4. The number of alkyl halides is 3. The maximum atomic E-state index is 15.2. The van der Waals surface area contributed by atoms with Crippen molar-refractivity contribution < 1.29 is 55.7 Å². The third kappa shape index (κ3) is 12.3. The van der Waals surface area contributed by atoms with Crippen molar-refractivity contribution >= 4 is 52.8 Å². The topological polar surface area (TPSA) is 164 Å². The molecule has 1 fully saturated rings. The Morgan fingerprint density at radius 2 is 1.75 bits per heavy atom. The molecule has 59 heavy (non-hydrogen) atoms. The average Bonchev–Trinajstić information content (AvgIpc) is 3.61. The summed E-state index contributed by atoms with van der Waals surface area (Å²) in [7, 11) is 2.22. The lowest BCUT2D eigenvalue weighted by Crippen LogP contribution is -2.56. The largest absolute Gasteiger partial charge is 0.477 e. The van der Waals surface area contributed by atoms with Crippen LogP contribution in [0.1, 0.15) is 88.7 Å². The SMILES string of the molecule is COC(=O)c1cc(N(C=S)C(C)(C)C(=O)N(C)c2ccc(C#N)c(C(F)(F)F)c2F)cnc1OCCCCOCCOCC(=O)NC(C(=O)N1CCCC1C)C(C)(C)C. The van der Waals surface area contributed by atoms with Crippen molar-refractivity contribution in [3.8, 4) is 11.9 Å². The highest BCUT2D eigenvalue weighted by Crippen LogP contribution is 2.38. The molecule has 0 saturated carbocycles. The van der Waals surface area contributed by atoms with Gasteiger partial charge in [-0.3, -0.25) is 14.4 Å². The molecule has 1 aliphatic rings. The van der Waals surface area contributed by atoms with E-state index >= 15 is 4.39 Å². The number of hydrogen-bond donors (Lipinski definition) is 1. The van der Waals surface area contributed by atoms with Crippen LogP contribution < -0.4 is 19.9 Å². The van der Waals surface area contributed by atoms with E-state index in [1.54, 1.807) is 0 Å². The van der Waals surface area contributed by atoms with Gasteiger partial charge in [-0.05, 0) is 70.1 Å². The molecule has 2 aromatic rings. The fourth-order valence-corrected chi connectivity index (χ4v) is 6.80. The first kappa shape index (κ1) is 48.4. The Hall–Kier alpha value is -4.93. The molecule has 2 unspecified atom stereocenters. The number of halogens is 4. The van der Waals surface area contributed by atoms with E-state index in [0.717, 1.165) is 44.6 Å². The van der Waals surface area contributed by atoms with E-state index in [1.807, 2.05) is 32.6 Å². The lowest BCUT2D eigenvalue weighted by molar-refractivity contribution is -0.141. The van der Waals surface area contributed by atoms with Gasteiger partial charge in [-0.25, -0.2) is 14.2 Å². The number of rotatable bonds is 19. The van der Waals surface area contributed by atoms with Gasteiger partial charge in [0.05, 0.1) is 61.6 Å². The summed E-state index contributed by atoms with van der Waals surface area (Å²) in [6.45, 7) is 11.8. The second-order valence-electron chi connectivity index (χ2n) is 15.5. The fourth-order valence-electron chi connectivity index (χ4n) is 6.41. The van der Waals surface area contributed by atoms with Crippen LogP contribution in [0.4, 0.5) is 28.9 Å². The number of hydrogen-bond acceptors (Lipinski definition) is 11. The number of anilines is 2. The smallest absolute Gasteiger partial charge is 0.420 e. The van der Waals surface area contributed by atoms with Crippen LogP contribution in [0.15, 0.2) is 24.4 Å². The summed E-state index contributed by atoms with van der Waals surface area (Å²) in [5.41, 5.74) is -4.54. The molecule has 1 N–H and O–H groups in total. The molecule has 0 bridgehead atoms. The van der Waals surface area contributed by atoms with Crippen LogP contribution in [0.5, 0.6) is 5.88 Å². The molecule has 2 heterocycles. The van der Waals surface area contributed by atoms with Crippen LogP contribution in [-0.4, -0.2) is 110 Å². The molecule has 3 amide bonds. The van der Waals surface area contributed by atoms with Crippen LogP contribution in [0.2, 0.25) is 0 Å². The highest BCUT2D eigenvalue weighted by Gasteiger charge is 2.42. The standard InChI is InChI=1S/C40H52F4N6O8S/c1-25-12-11-15-49(25)35(52)33(38(2,3)4)47-30(51)23-57-19-18-56-16-9-10-17-58-34-28(36(53)55-8)20-27(22-46-34)50(24-59)39(5,6)37(54)48(7)29-14-13-26(21-45)31(32(29)41)40(42,43)44/h13-14,20,22,24-25,33H,9-12,15-19,23H2,1-8H3,(H,47,51). The first-order valence-corrected chi connectivity index (χ1v) is 19.4. The summed E-state index contributed by atoms with van der Waals surface area (Å²) >= 11 is 5.18. The van der Waals surface area contributed by atoms with Gasteiger partial charge >= 0.3 is 12.1 Å². The van der Waals surface area contributed by atoms with E-state index in [1.165, 1.54) is 37.1 Å². The molecular formula is C40H52F4N6O8S. The second kappa shape index (κ2) is 20.9. The lowest BCUT2D eigenvalue weighted by Gasteiger charge is -2.38. The van der Waals surface area contributed by atoms with Crippen molar-refractivity contribution in [1.82, 2.24) is 15.2 Å². The maximum Gasteiger partial charge on any atom is 0.420 e. The summed E-state index contributed by atoms with van der Waals surface area (Å²) in [6.07, 6.45) is -1.01. The zero-order chi connectivity index (χ0) is 44.3. The molecule has 1 saturated heterocycles. The van der Waals surface area contributed by atoms with Crippen molar-refractivity contribution in [2.24, 2.45) is 5.41 Å². The van der Waals surface area contributed by atoms with Crippen LogP contribution in [0.25, 0.3) is 0 Å². The van der Waals surface area contributed by atoms with Gasteiger partial charge in [0.15, 0.2) is 5.82 Å². The van der Waals surface area contributed by atoms with Crippen molar-refractivity contribution in [2.75, 3.05) is 63.5 Å². The number of ether oxygens (including phenoxy) is 4. The predicted octanol–water partition coefficient (Wildman–Crippen LogP) is 5.84. The number of methoxy groups -OCH3 is 1. The summed E-state index contributed by atoms with van der Waals surface area (Å²) in [5.74, 6) is -4.07. The number of carbonyl (C=O) groups is 4. The van der Waals surface area contributed by atoms with Crippen LogP contribution in [-0.2, 0) is 34.8 Å². The Morgan fingerprint density at radius 1 is 1.08 bits per heavy atom. The van der Waals surface area contributed by atoms with E-state index < -0.39 is 63.6 Å². The van der Waals surface area contributed by atoms with Crippen LogP contribution in [0, 0.1) is 22.6 Å². The first-order chi connectivity index (χ1) is 27.6. The van der Waals surface area contributed by atoms with Crippen molar-refractivity contribution in [3.05, 3.63) is 46.9 Å². The molecule has 1 aromatic heterocycles. The number of pyridine rings is 1. The highest BCUT2D eigenvalue weighted by atomic mass is 32.1. The van der Waals surface area contributed by atoms with Gasteiger partial charge in [0, 0.05) is 26.2 Å². The monoisotopic (exact) mass is 852 g/mol. The van der Waals surface area contributed by atoms with Gasteiger partial charge in [-0.2, -0.15) is 18.4 Å². The number of nitrogens with one attached hydrogen (secondary N) is 1. The number of nitriles is 1. The van der Waals surface area contributed by atoms with E-state index in [4.69, 9.17) is 36.4 Å². The summed E-state index contributed by atoms with van der Waals surface area (Å²) in [4.78, 5) is 60.3. The number of esters is 1. The summed E-state index contributed by atoms with van der Waals surface area (Å²) in [5, 5.41) is 11.9. The second-order valence-corrected chi connectivity index (χ2v) is 15.7. The van der Waals surface area contributed by atoms with E-state index in [9.17, 15) is 32.3 Å². The van der Waals surface area contributed by atoms with Gasteiger partial charge in [0.2, 0.25) is 17.7 Å². The zero-order valence-electron chi connectivity index (χ0n) is 34.5. The Balaban J connectivity index is 1.53. The average molecular weight is 853 g/mol. The molecule has 1 aromatic carbocycles. The van der Waals surface area contributed by atoms with Gasteiger partial charge in [0.1, 0.15) is 29.3 Å². The number of benzene rings is 1. The number of likely N-dealkylation sites (N-methyl/N-ethyl adjacent to an activating group) is 1. The molecule has 324 valence electrons. The van der Waals surface area contributed by atoms with Crippen LogP contribution >= 0.6 is 12.2 Å². The number of likely N-dealkylation sites (tertiary alicyclic amines) is 1. The number of aromatic nitrogens is 1. The number of nitrogens with zero attached hydrogens (tertiary/aromatic N) is 5. The van der Waals surface area contributed by atoms with Crippen molar-refractivity contribution in [3.63, 3.8) is 0 Å². The van der Waals surface area contributed by atoms with E-state index in [2.05, 4.69) is 10.3 Å². The van der Waals surface area contributed by atoms with Gasteiger partial charge in [0.25, 0.3) is 5.91 Å². The van der Waals surface area contributed by atoms with E-state index in [-0.39, 0.29) is 55.5 Å². The Kier molecular flexibility index (Phi) is 17.1. The third-order valence-electron chi connectivity index (χ3n) is 9.72. The quantitative estimate of drug-likeness (QED) is 0.0780. The molecule has 14 nitrogen and oxygen atoms in total. The number of unbranched alkanes of at least 4 members (excludes halogenated alkanes) is 1.